The van der Waals surface area contributed by atoms with E-state index in [-0.39, 0.29) is 0 Å². The second-order valence-corrected chi connectivity index (χ2v) is 5.39. The number of anilines is 1. The zero-order chi connectivity index (χ0) is 13.2. The minimum Gasteiger partial charge on any atom is -0.384 e. The minimum atomic E-state index is 0.454. The van der Waals surface area contributed by atoms with Crippen molar-refractivity contribution < 1.29 is 0 Å². The largest absolute Gasteiger partial charge is 0.384 e. The lowest BCUT2D eigenvalue weighted by Crippen LogP contribution is -1.96. The molecule has 3 aromatic heterocycles. The first-order valence-corrected chi connectivity index (χ1v) is 7.46. The van der Waals surface area contributed by atoms with E-state index in [1.54, 1.807) is 6.07 Å². The molecule has 0 bridgehead atoms. The van der Waals surface area contributed by atoms with Gasteiger partial charge in [0.15, 0.2) is 10.8 Å². The Morgan fingerprint density at radius 1 is 1.21 bits per heavy atom. The Morgan fingerprint density at radius 2 is 2.11 bits per heavy atom. The van der Waals surface area contributed by atoms with Gasteiger partial charge in [-0.1, -0.05) is 17.8 Å². The van der Waals surface area contributed by atoms with Crippen LogP contribution in [0.1, 0.15) is 0 Å². The van der Waals surface area contributed by atoms with E-state index in [1.807, 2.05) is 35.1 Å². The molecule has 0 aliphatic rings. The molecule has 0 saturated carbocycles. The maximum absolute atomic E-state index is 5.76. The Hall–Kier alpha value is -1.80. The highest BCUT2D eigenvalue weighted by molar-refractivity contribution is 7.99. The smallest absolute Gasteiger partial charge is 0.201 e. The lowest BCUT2D eigenvalue weighted by atomic mass is 10.5. The highest BCUT2D eigenvalue weighted by atomic mass is 32.2. The first-order valence-electron chi connectivity index (χ1n) is 5.42. The average molecular weight is 290 g/mol. The monoisotopic (exact) mass is 290 g/mol. The lowest BCUT2D eigenvalue weighted by Gasteiger charge is -2.02. The minimum absolute atomic E-state index is 0.454. The van der Waals surface area contributed by atoms with E-state index in [2.05, 4.69) is 20.2 Å². The standard InChI is InChI=1S/C11H10N6S2/c1-18-10-13-7(12)6-9(14-10)19-11-16-15-8-4-2-3-5-17(8)11/h2-6H,1H3,(H2,12,13,14). The molecule has 0 atom stereocenters. The van der Waals surface area contributed by atoms with Crippen LogP contribution in [0.2, 0.25) is 0 Å². The van der Waals surface area contributed by atoms with Gasteiger partial charge in [-0.15, -0.1) is 10.2 Å². The Kier molecular flexibility index (Phi) is 3.26. The van der Waals surface area contributed by atoms with Crippen molar-refractivity contribution in [3.63, 3.8) is 0 Å². The molecule has 0 aliphatic carbocycles. The van der Waals surface area contributed by atoms with E-state index in [1.165, 1.54) is 23.5 Å². The first kappa shape index (κ1) is 12.2. The summed E-state index contributed by atoms with van der Waals surface area (Å²) in [4.78, 5) is 8.50. The van der Waals surface area contributed by atoms with Crippen LogP contribution in [0, 0.1) is 0 Å². The average Bonchev–Trinajstić information content (AvgIpc) is 2.82. The van der Waals surface area contributed by atoms with Gasteiger partial charge >= 0.3 is 0 Å². The van der Waals surface area contributed by atoms with Crippen molar-refractivity contribution in [3.05, 3.63) is 30.5 Å². The van der Waals surface area contributed by atoms with E-state index in [0.717, 1.165) is 15.8 Å². The summed E-state index contributed by atoms with van der Waals surface area (Å²) in [5.74, 6) is 0.454. The topological polar surface area (TPSA) is 82.0 Å². The van der Waals surface area contributed by atoms with Gasteiger partial charge in [0.05, 0.1) is 0 Å². The second-order valence-electron chi connectivity index (χ2n) is 3.63. The first-order chi connectivity index (χ1) is 9.26. The van der Waals surface area contributed by atoms with Crippen LogP contribution in [0.15, 0.2) is 45.8 Å². The Bertz CT molecular complexity index is 726. The number of aromatic nitrogens is 5. The molecular weight excluding hydrogens is 280 g/mol. The molecular formula is C11H10N6S2. The maximum Gasteiger partial charge on any atom is 0.201 e. The van der Waals surface area contributed by atoms with Gasteiger partial charge in [0.25, 0.3) is 0 Å². The quantitative estimate of drug-likeness (QED) is 0.448. The third-order valence-corrected chi connectivity index (χ3v) is 3.79. The Labute approximate surface area is 117 Å². The summed E-state index contributed by atoms with van der Waals surface area (Å²) in [6.07, 6.45) is 3.83. The molecule has 0 amide bonds. The summed E-state index contributed by atoms with van der Waals surface area (Å²) in [5.41, 5.74) is 6.56. The van der Waals surface area contributed by atoms with E-state index in [0.29, 0.717) is 11.0 Å². The molecule has 0 fully saturated rings. The fourth-order valence-electron chi connectivity index (χ4n) is 1.55. The molecule has 0 saturated heterocycles. The third kappa shape index (κ3) is 2.49. The van der Waals surface area contributed by atoms with Crippen LogP contribution in [0.5, 0.6) is 0 Å². The molecule has 0 unspecified atom stereocenters. The summed E-state index contributed by atoms with van der Waals surface area (Å²) in [6, 6.07) is 7.49. The number of nitrogens with two attached hydrogens (primary N) is 1. The van der Waals surface area contributed by atoms with Crippen molar-refractivity contribution in [2.24, 2.45) is 0 Å². The lowest BCUT2D eigenvalue weighted by molar-refractivity contribution is 0.882. The predicted octanol–water partition coefficient (Wildman–Crippen LogP) is 1.97. The zero-order valence-electron chi connectivity index (χ0n) is 10.0. The van der Waals surface area contributed by atoms with Crippen LogP contribution in [0.3, 0.4) is 0 Å². The highest BCUT2D eigenvalue weighted by Crippen LogP contribution is 2.27. The van der Waals surface area contributed by atoms with Gasteiger partial charge in [0.2, 0.25) is 5.16 Å². The van der Waals surface area contributed by atoms with Crippen molar-refractivity contribution >= 4 is 35.0 Å². The van der Waals surface area contributed by atoms with Gasteiger partial charge in [-0.25, -0.2) is 9.97 Å². The molecule has 96 valence electrons. The number of thioether (sulfide) groups is 1. The number of fused-ring (bicyclic) bond motifs is 1. The molecule has 19 heavy (non-hydrogen) atoms. The molecule has 3 aromatic rings. The molecule has 8 heteroatoms. The fraction of sp³-hybridized carbons (Fsp3) is 0.0909. The SMILES string of the molecule is CSc1nc(N)cc(Sc2nnc3ccccn23)n1. The van der Waals surface area contributed by atoms with Crippen LogP contribution >= 0.6 is 23.5 Å². The van der Waals surface area contributed by atoms with Crippen molar-refractivity contribution in [1.29, 1.82) is 0 Å². The van der Waals surface area contributed by atoms with Crippen LogP contribution in [0.4, 0.5) is 5.82 Å². The molecule has 0 spiro atoms. The number of nitrogen functional groups attached to an aromatic ring is 1. The Balaban J connectivity index is 1.99. The summed E-state index contributed by atoms with van der Waals surface area (Å²) in [5, 5.41) is 10.4. The fourth-order valence-corrected chi connectivity index (χ4v) is 2.82. The summed E-state index contributed by atoms with van der Waals surface area (Å²) in [6.45, 7) is 0. The predicted molar refractivity (Wildman–Crippen MR) is 75.3 cm³/mol. The van der Waals surface area contributed by atoms with Crippen molar-refractivity contribution in [1.82, 2.24) is 24.6 Å². The van der Waals surface area contributed by atoms with Crippen LogP contribution < -0.4 is 5.73 Å². The van der Waals surface area contributed by atoms with E-state index in [9.17, 15) is 0 Å². The number of nitrogens with zero attached hydrogens (tertiary/aromatic N) is 5. The molecule has 3 rings (SSSR count). The molecule has 3 heterocycles. The molecule has 2 N–H and O–H groups in total. The van der Waals surface area contributed by atoms with Crippen molar-refractivity contribution in [2.75, 3.05) is 12.0 Å². The number of rotatable bonds is 3. The summed E-state index contributed by atoms with van der Waals surface area (Å²) in [7, 11) is 0. The van der Waals surface area contributed by atoms with Gasteiger partial charge < -0.3 is 5.73 Å². The summed E-state index contributed by atoms with van der Waals surface area (Å²) < 4.78 is 1.90. The van der Waals surface area contributed by atoms with Gasteiger partial charge in [0.1, 0.15) is 10.8 Å². The Morgan fingerprint density at radius 3 is 2.95 bits per heavy atom. The molecule has 0 radical (unpaired) electrons. The summed E-state index contributed by atoms with van der Waals surface area (Å²) >= 11 is 2.87. The molecule has 6 nitrogen and oxygen atoms in total. The second kappa shape index (κ2) is 5.06. The van der Waals surface area contributed by atoms with Gasteiger partial charge in [-0.3, -0.25) is 4.40 Å². The van der Waals surface area contributed by atoms with Gasteiger partial charge in [-0.2, -0.15) is 0 Å². The number of hydrogen-bond donors (Lipinski definition) is 1. The van der Waals surface area contributed by atoms with E-state index >= 15 is 0 Å². The van der Waals surface area contributed by atoms with E-state index < -0.39 is 0 Å². The van der Waals surface area contributed by atoms with Crippen LogP contribution in [-0.4, -0.2) is 30.8 Å². The molecule has 0 aliphatic heterocycles. The zero-order valence-corrected chi connectivity index (χ0v) is 11.6. The maximum atomic E-state index is 5.76. The number of hydrogen-bond acceptors (Lipinski definition) is 7. The van der Waals surface area contributed by atoms with Crippen LogP contribution in [0.25, 0.3) is 5.65 Å². The van der Waals surface area contributed by atoms with Gasteiger partial charge in [-0.05, 0) is 30.2 Å². The third-order valence-electron chi connectivity index (χ3n) is 2.36. The number of pyridine rings is 1. The normalized spacial score (nSPS) is 11.0. The van der Waals surface area contributed by atoms with Gasteiger partial charge in [0, 0.05) is 12.3 Å². The van der Waals surface area contributed by atoms with Crippen molar-refractivity contribution in [2.45, 2.75) is 15.3 Å². The van der Waals surface area contributed by atoms with Crippen LogP contribution in [-0.2, 0) is 0 Å². The highest BCUT2D eigenvalue weighted by Gasteiger charge is 2.09. The van der Waals surface area contributed by atoms with E-state index in [4.69, 9.17) is 5.73 Å². The van der Waals surface area contributed by atoms with Crippen molar-refractivity contribution in [3.8, 4) is 0 Å². The molecule has 0 aromatic carbocycles.